The Labute approximate surface area is 46.0 Å². The molecule has 3 nitrogen and oxygen atoms in total. The first-order chi connectivity index (χ1) is 3.30. The van der Waals surface area contributed by atoms with Crippen LogP contribution in [0.15, 0.2) is 6.33 Å². The summed E-state index contributed by atoms with van der Waals surface area (Å²) in [5.74, 6) is 0.710. The first kappa shape index (κ1) is 4.59. The summed E-state index contributed by atoms with van der Waals surface area (Å²) >= 11 is 5.37. The summed E-state index contributed by atoms with van der Waals surface area (Å²) in [5, 5.41) is 3.59. The van der Waals surface area contributed by atoms with Crippen molar-refractivity contribution in [1.29, 1.82) is 0 Å². The summed E-state index contributed by atoms with van der Waals surface area (Å²) in [4.78, 5) is 3.74. The number of hydrogen-bond acceptors (Lipinski definition) is 2. The largest absolute Gasteiger partial charge is 0.219 e. The second kappa shape index (κ2) is 1.50. The Hall–Kier alpha value is -0.570. The van der Waals surface area contributed by atoms with Gasteiger partial charge in [-0.2, -0.15) is 4.20 Å². The lowest BCUT2D eigenvalue weighted by Crippen LogP contribution is -1.83. The monoisotopic (exact) mass is 117 g/mol. The molecule has 0 aliphatic heterocycles. The summed E-state index contributed by atoms with van der Waals surface area (Å²) in [6, 6.07) is 0. The average molecular weight is 118 g/mol. The van der Waals surface area contributed by atoms with Gasteiger partial charge < -0.3 is 0 Å². The predicted molar refractivity (Wildman–Crippen MR) is 26.0 cm³/mol. The van der Waals surface area contributed by atoms with Crippen LogP contribution in [0, 0.1) is 6.92 Å². The highest BCUT2D eigenvalue weighted by Gasteiger charge is 1.88. The van der Waals surface area contributed by atoms with Crippen molar-refractivity contribution in [2.45, 2.75) is 6.92 Å². The van der Waals surface area contributed by atoms with E-state index in [2.05, 4.69) is 10.1 Å². The molecule has 1 aromatic heterocycles. The summed E-state index contributed by atoms with van der Waals surface area (Å²) in [7, 11) is 0. The van der Waals surface area contributed by atoms with Crippen LogP contribution in [0.25, 0.3) is 0 Å². The van der Waals surface area contributed by atoms with Crippen LogP contribution in [0.3, 0.4) is 0 Å². The number of halogens is 1. The molecule has 1 aromatic rings. The van der Waals surface area contributed by atoms with Crippen LogP contribution in [0.1, 0.15) is 5.82 Å². The molecule has 0 radical (unpaired) electrons. The van der Waals surface area contributed by atoms with E-state index in [0.29, 0.717) is 5.82 Å². The van der Waals surface area contributed by atoms with Gasteiger partial charge in [0.2, 0.25) is 0 Å². The van der Waals surface area contributed by atoms with Crippen molar-refractivity contribution in [2.24, 2.45) is 0 Å². The maximum absolute atomic E-state index is 5.37. The fraction of sp³-hybridized carbons (Fsp3) is 0.333. The minimum atomic E-state index is 0.710. The van der Waals surface area contributed by atoms with Crippen LogP contribution in [-0.2, 0) is 0 Å². The van der Waals surface area contributed by atoms with Crippen molar-refractivity contribution in [3.05, 3.63) is 12.2 Å². The molecule has 0 saturated heterocycles. The standard InChI is InChI=1S/C3H4ClN3/c1-3-5-2-6-7(3)4/h2H,1H3. The smallest absolute Gasteiger partial charge is 0.142 e. The van der Waals surface area contributed by atoms with E-state index in [1.807, 2.05) is 0 Å². The average Bonchev–Trinajstić information content (AvgIpc) is 1.91. The zero-order valence-corrected chi connectivity index (χ0v) is 4.55. The highest BCUT2D eigenvalue weighted by atomic mass is 35.5. The SMILES string of the molecule is Cc1ncnn1Cl. The summed E-state index contributed by atoms with van der Waals surface area (Å²) in [6.45, 7) is 1.78. The van der Waals surface area contributed by atoms with Gasteiger partial charge in [-0.3, -0.25) is 0 Å². The van der Waals surface area contributed by atoms with E-state index in [9.17, 15) is 0 Å². The Balaban J connectivity index is 3.12. The van der Waals surface area contributed by atoms with Crippen LogP contribution >= 0.6 is 11.8 Å². The van der Waals surface area contributed by atoms with Gasteiger partial charge in [0.15, 0.2) is 0 Å². The molecule has 4 heteroatoms. The normalized spacial score (nSPS) is 9.43. The molecule has 1 heterocycles. The van der Waals surface area contributed by atoms with Gasteiger partial charge in [0, 0.05) is 11.8 Å². The van der Waals surface area contributed by atoms with Gasteiger partial charge in [-0.1, -0.05) is 0 Å². The number of hydrogen-bond donors (Lipinski definition) is 0. The first-order valence-electron chi connectivity index (χ1n) is 1.83. The molecular weight excluding hydrogens is 114 g/mol. The van der Waals surface area contributed by atoms with E-state index in [1.165, 1.54) is 10.5 Å². The van der Waals surface area contributed by atoms with Crippen LogP contribution < -0.4 is 0 Å². The second-order valence-corrected chi connectivity index (χ2v) is 1.49. The molecule has 38 valence electrons. The third kappa shape index (κ3) is 0.718. The molecule has 0 unspecified atom stereocenters. The summed E-state index contributed by atoms with van der Waals surface area (Å²) < 4.78 is 1.19. The lowest BCUT2D eigenvalue weighted by molar-refractivity contribution is 0.945. The van der Waals surface area contributed by atoms with E-state index in [1.54, 1.807) is 6.92 Å². The van der Waals surface area contributed by atoms with E-state index < -0.39 is 0 Å². The number of rotatable bonds is 0. The Kier molecular flexibility index (Phi) is 0.982. The molecule has 0 spiro atoms. The Morgan fingerprint density at radius 2 is 2.57 bits per heavy atom. The minimum absolute atomic E-state index is 0.710. The van der Waals surface area contributed by atoms with Crippen molar-refractivity contribution in [3.8, 4) is 0 Å². The molecule has 0 atom stereocenters. The molecule has 0 fully saturated rings. The van der Waals surface area contributed by atoms with E-state index in [4.69, 9.17) is 11.8 Å². The zero-order chi connectivity index (χ0) is 5.28. The lowest BCUT2D eigenvalue weighted by Gasteiger charge is -1.80. The second-order valence-electron chi connectivity index (χ2n) is 1.17. The number of aryl methyl sites for hydroxylation is 1. The maximum atomic E-state index is 5.37. The highest BCUT2D eigenvalue weighted by Crippen LogP contribution is 1.89. The van der Waals surface area contributed by atoms with Crippen LogP contribution in [0.5, 0.6) is 0 Å². The molecule has 0 saturated carbocycles. The maximum Gasteiger partial charge on any atom is 0.142 e. The van der Waals surface area contributed by atoms with E-state index in [0.717, 1.165) is 0 Å². The molecule has 0 aliphatic rings. The van der Waals surface area contributed by atoms with Crippen LogP contribution in [0.4, 0.5) is 0 Å². The van der Waals surface area contributed by atoms with Crippen molar-refractivity contribution < 1.29 is 0 Å². The Morgan fingerprint density at radius 1 is 1.86 bits per heavy atom. The van der Waals surface area contributed by atoms with Gasteiger partial charge in [0.25, 0.3) is 0 Å². The van der Waals surface area contributed by atoms with E-state index in [-0.39, 0.29) is 0 Å². The molecule has 1 rings (SSSR count). The van der Waals surface area contributed by atoms with Gasteiger partial charge in [-0.05, 0) is 6.92 Å². The fourth-order valence-corrected chi connectivity index (χ4v) is 0.369. The molecular formula is C3H4ClN3. The minimum Gasteiger partial charge on any atom is -0.219 e. The molecule has 0 bridgehead atoms. The molecule has 0 N–H and O–H groups in total. The third-order valence-corrected chi connectivity index (χ3v) is 0.997. The van der Waals surface area contributed by atoms with Crippen LogP contribution in [0.2, 0.25) is 0 Å². The Morgan fingerprint density at radius 3 is 2.71 bits per heavy atom. The zero-order valence-electron chi connectivity index (χ0n) is 3.80. The lowest BCUT2D eigenvalue weighted by atomic mass is 10.8. The van der Waals surface area contributed by atoms with Crippen molar-refractivity contribution in [3.63, 3.8) is 0 Å². The molecule has 0 aliphatic carbocycles. The fourth-order valence-electron chi connectivity index (χ4n) is 0.286. The third-order valence-electron chi connectivity index (χ3n) is 0.665. The molecule has 0 aromatic carbocycles. The highest BCUT2D eigenvalue weighted by molar-refractivity contribution is 6.14. The van der Waals surface area contributed by atoms with Gasteiger partial charge in [0.05, 0.1) is 0 Å². The number of aromatic nitrogens is 3. The van der Waals surface area contributed by atoms with Gasteiger partial charge >= 0.3 is 0 Å². The van der Waals surface area contributed by atoms with Gasteiger partial charge in [0.1, 0.15) is 12.2 Å². The van der Waals surface area contributed by atoms with Crippen LogP contribution in [-0.4, -0.2) is 14.3 Å². The van der Waals surface area contributed by atoms with Crippen molar-refractivity contribution in [2.75, 3.05) is 0 Å². The van der Waals surface area contributed by atoms with Gasteiger partial charge in [-0.25, -0.2) is 4.98 Å². The molecule has 7 heavy (non-hydrogen) atoms. The molecule has 0 amide bonds. The van der Waals surface area contributed by atoms with E-state index >= 15 is 0 Å². The predicted octanol–water partition coefficient (Wildman–Crippen LogP) is 0.588. The Bertz CT molecular complexity index is 142. The number of nitrogens with zero attached hydrogens (tertiary/aromatic N) is 3. The van der Waals surface area contributed by atoms with Gasteiger partial charge in [-0.15, -0.1) is 5.10 Å². The summed E-state index contributed by atoms with van der Waals surface area (Å²) in [6.07, 6.45) is 1.41. The quantitative estimate of drug-likeness (QED) is 0.498. The topological polar surface area (TPSA) is 30.7 Å². The first-order valence-corrected chi connectivity index (χ1v) is 2.17. The summed E-state index contributed by atoms with van der Waals surface area (Å²) in [5.41, 5.74) is 0. The van der Waals surface area contributed by atoms with Crippen molar-refractivity contribution >= 4 is 11.8 Å². The van der Waals surface area contributed by atoms with Crippen molar-refractivity contribution in [1.82, 2.24) is 14.3 Å².